The molecule has 0 atom stereocenters. The van der Waals surface area contributed by atoms with Crippen molar-refractivity contribution in [2.45, 2.75) is 31.7 Å². The van der Waals surface area contributed by atoms with Gasteiger partial charge >= 0.3 is 0 Å². The highest BCUT2D eigenvalue weighted by Gasteiger charge is 2.37. The highest BCUT2D eigenvalue weighted by atomic mass is 35.5. The zero-order valence-corrected chi connectivity index (χ0v) is 10.4. The quantitative estimate of drug-likeness (QED) is 0.770. The summed E-state index contributed by atoms with van der Waals surface area (Å²) in [6.07, 6.45) is 6.41. The molecule has 0 radical (unpaired) electrons. The van der Waals surface area contributed by atoms with Crippen LogP contribution in [0.4, 0.5) is 0 Å². The van der Waals surface area contributed by atoms with Crippen LogP contribution in [0.5, 0.6) is 0 Å². The number of amides is 1. The van der Waals surface area contributed by atoms with Crippen LogP contribution in [-0.2, 0) is 0 Å². The van der Waals surface area contributed by atoms with E-state index in [-0.39, 0.29) is 5.91 Å². The number of pyridine rings is 1. The molecule has 2 saturated carbocycles. The van der Waals surface area contributed by atoms with Crippen molar-refractivity contribution in [3.05, 3.63) is 29.0 Å². The highest BCUT2D eigenvalue weighted by molar-refractivity contribution is 6.32. The molecule has 0 spiro atoms. The van der Waals surface area contributed by atoms with Gasteiger partial charge in [0.25, 0.3) is 5.91 Å². The molecule has 3 rings (SSSR count). The molecule has 2 fully saturated rings. The second kappa shape index (κ2) is 4.30. The van der Waals surface area contributed by atoms with Gasteiger partial charge in [0, 0.05) is 18.8 Å². The van der Waals surface area contributed by atoms with Crippen LogP contribution >= 0.6 is 11.6 Å². The Hall–Kier alpha value is -1.09. The molecule has 90 valence electrons. The normalized spacial score (nSPS) is 19.1. The van der Waals surface area contributed by atoms with Crippen LogP contribution in [0, 0.1) is 5.92 Å². The number of hydrogen-bond donors (Lipinski definition) is 0. The SMILES string of the molecule is O=C(c1cccnc1Cl)N(CC1CC1)C1CC1. The van der Waals surface area contributed by atoms with E-state index in [4.69, 9.17) is 11.6 Å². The Labute approximate surface area is 106 Å². The molecule has 4 heteroatoms. The summed E-state index contributed by atoms with van der Waals surface area (Å²) in [7, 11) is 0. The van der Waals surface area contributed by atoms with Gasteiger partial charge in [-0.15, -0.1) is 0 Å². The maximum atomic E-state index is 12.4. The van der Waals surface area contributed by atoms with Crippen LogP contribution in [0.25, 0.3) is 0 Å². The molecule has 1 aromatic rings. The first kappa shape index (κ1) is 11.0. The van der Waals surface area contributed by atoms with E-state index < -0.39 is 0 Å². The average molecular weight is 251 g/mol. The topological polar surface area (TPSA) is 33.2 Å². The molecule has 0 unspecified atom stereocenters. The van der Waals surface area contributed by atoms with Crippen molar-refractivity contribution in [3.63, 3.8) is 0 Å². The van der Waals surface area contributed by atoms with Gasteiger partial charge in [-0.05, 0) is 43.7 Å². The van der Waals surface area contributed by atoms with Gasteiger partial charge in [-0.25, -0.2) is 4.98 Å². The molecule has 2 aliphatic rings. The molecule has 2 aliphatic carbocycles. The van der Waals surface area contributed by atoms with Gasteiger partial charge in [-0.2, -0.15) is 0 Å². The van der Waals surface area contributed by atoms with E-state index >= 15 is 0 Å². The predicted molar refractivity (Wildman–Crippen MR) is 66.0 cm³/mol. The molecule has 3 nitrogen and oxygen atoms in total. The number of halogens is 1. The van der Waals surface area contributed by atoms with Crippen molar-refractivity contribution >= 4 is 17.5 Å². The Morgan fingerprint density at radius 1 is 1.41 bits per heavy atom. The van der Waals surface area contributed by atoms with Crippen molar-refractivity contribution in [1.82, 2.24) is 9.88 Å². The van der Waals surface area contributed by atoms with Crippen molar-refractivity contribution < 1.29 is 4.79 Å². The van der Waals surface area contributed by atoms with Crippen LogP contribution in [0.1, 0.15) is 36.0 Å². The van der Waals surface area contributed by atoms with Gasteiger partial charge in [0.2, 0.25) is 0 Å². The Bertz CT molecular complexity index is 441. The molecule has 0 aliphatic heterocycles. The number of nitrogens with zero attached hydrogens (tertiary/aromatic N) is 2. The van der Waals surface area contributed by atoms with Gasteiger partial charge < -0.3 is 4.90 Å². The van der Waals surface area contributed by atoms with E-state index in [1.54, 1.807) is 18.3 Å². The molecule has 1 aromatic heterocycles. The first-order valence-electron chi connectivity index (χ1n) is 6.17. The van der Waals surface area contributed by atoms with Crippen molar-refractivity contribution in [2.75, 3.05) is 6.54 Å². The first-order chi connectivity index (χ1) is 8.25. The second-order valence-electron chi connectivity index (χ2n) is 4.97. The van der Waals surface area contributed by atoms with Crippen molar-refractivity contribution in [1.29, 1.82) is 0 Å². The summed E-state index contributed by atoms with van der Waals surface area (Å²) in [6, 6.07) is 3.97. The largest absolute Gasteiger partial charge is 0.335 e. The third kappa shape index (κ3) is 2.44. The minimum atomic E-state index is 0.0532. The summed E-state index contributed by atoms with van der Waals surface area (Å²) >= 11 is 5.98. The molecule has 0 bridgehead atoms. The first-order valence-corrected chi connectivity index (χ1v) is 6.55. The lowest BCUT2D eigenvalue weighted by Crippen LogP contribution is -2.35. The Morgan fingerprint density at radius 2 is 2.18 bits per heavy atom. The molecule has 0 saturated heterocycles. The maximum absolute atomic E-state index is 12.4. The van der Waals surface area contributed by atoms with Gasteiger partial charge in [-0.1, -0.05) is 11.6 Å². The van der Waals surface area contributed by atoms with Crippen molar-refractivity contribution in [2.24, 2.45) is 5.92 Å². The van der Waals surface area contributed by atoms with Crippen LogP contribution < -0.4 is 0 Å². The summed E-state index contributed by atoms with van der Waals surface area (Å²) in [5.74, 6) is 0.771. The van der Waals surface area contributed by atoms with E-state index in [2.05, 4.69) is 4.98 Å². The number of carbonyl (C=O) groups excluding carboxylic acids is 1. The smallest absolute Gasteiger partial charge is 0.257 e. The lowest BCUT2D eigenvalue weighted by atomic mass is 10.2. The van der Waals surface area contributed by atoms with E-state index in [0.29, 0.717) is 16.8 Å². The Kier molecular flexibility index (Phi) is 2.79. The Balaban J connectivity index is 1.80. The maximum Gasteiger partial charge on any atom is 0.257 e. The van der Waals surface area contributed by atoms with Crippen LogP contribution in [0.15, 0.2) is 18.3 Å². The number of carbonyl (C=O) groups is 1. The zero-order valence-electron chi connectivity index (χ0n) is 9.60. The van der Waals surface area contributed by atoms with E-state index in [0.717, 1.165) is 25.3 Å². The number of hydrogen-bond acceptors (Lipinski definition) is 2. The predicted octanol–water partition coefficient (Wildman–Crippen LogP) is 2.75. The number of aromatic nitrogens is 1. The van der Waals surface area contributed by atoms with Gasteiger partial charge in [0.15, 0.2) is 0 Å². The van der Waals surface area contributed by atoms with Crippen molar-refractivity contribution in [3.8, 4) is 0 Å². The molecular weight excluding hydrogens is 236 g/mol. The molecule has 17 heavy (non-hydrogen) atoms. The summed E-state index contributed by atoms with van der Waals surface area (Å²) in [5, 5.41) is 0.318. The van der Waals surface area contributed by atoms with E-state index in [1.165, 1.54) is 12.8 Å². The number of rotatable bonds is 4. The second-order valence-corrected chi connectivity index (χ2v) is 5.33. The minimum Gasteiger partial charge on any atom is -0.335 e. The zero-order chi connectivity index (χ0) is 11.8. The third-order valence-electron chi connectivity index (χ3n) is 3.39. The van der Waals surface area contributed by atoms with Crippen LogP contribution in [-0.4, -0.2) is 28.4 Å². The molecule has 0 aromatic carbocycles. The standard InChI is InChI=1S/C13H15ClN2O/c14-12-11(2-1-7-15-12)13(17)16(10-5-6-10)8-9-3-4-9/h1-2,7,9-10H,3-6,8H2. The average Bonchev–Trinajstić information content (AvgIpc) is 3.17. The molecule has 0 N–H and O–H groups in total. The van der Waals surface area contributed by atoms with Crippen LogP contribution in [0.2, 0.25) is 5.15 Å². The summed E-state index contributed by atoms with van der Waals surface area (Å²) in [4.78, 5) is 18.4. The monoisotopic (exact) mass is 250 g/mol. The highest BCUT2D eigenvalue weighted by Crippen LogP contribution is 2.36. The lowest BCUT2D eigenvalue weighted by Gasteiger charge is -2.22. The summed E-state index contributed by atoms with van der Waals surface area (Å²) in [6.45, 7) is 0.898. The van der Waals surface area contributed by atoms with Gasteiger partial charge in [-0.3, -0.25) is 4.79 Å². The molecule has 1 amide bonds. The van der Waals surface area contributed by atoms with E-state index in [1.807, 2.05) is 4.90 Å². The lowest BCUT2D eigenvalue weighted by molar-refractivity contribution is 0.0734. The molecular formula is C13H15ClN2O. The minimum absolute atomic E-state index is 0.0532. The van der Waals surface area contributed by atoms with E-state index in [9.17, 15) is 4.79 Å². The fourth-order valence-corrected chi connectivity index (χ4v) is 2.26. The van der Waals surface area contributed by atoms with Crippen LogP contribution in [0.3, 0.4) is 0 Å². The van der Waals surface area contributed by atoms with Gasteiger partial charge in [0.05, 0.1) is 5.56 Å². The molecule has 1 heterocycles. The third-order valence-corrected chi connectivity index (χ3v) is 3.69. The Morgan fingerprint density at radius 3 is 2.76 bits per heavy atom. The fraction of sp³-hybridized carbons (Fsp3) is 0.538. The summed E-state index contributed by atoms with van der Waals surface area (Å²) < 4.78 is 0. The fourth-order valence-electron chi connectivity index (χ4n) is 2.06. The van der Waals surface area contributed by atoms with Gasteiger partial charge in [0.1, 0.15) is 5.15 Å². The summed E-state index contributed by atoms with van der Waals surface area (Å²) in [5.41, 5.74) is 0.543.